The third-order valence-electron chi connectivity index (χ3n) is 15.3. The van der Waals surface area contributed by atoms with E-state index >= 15 is 0 Å². The van der Waals surface area contributed by atoms with Crippen LogP contribution in [-0.4, -0.2) is 4.57 Å². The van der Waals surface area contributed by atoms with Crippen LogP contribution < -0.4 is 4.90 Å². The largest absolute Gasteiger partial charge is 0.311 e. The first-order valence-corrected chi connectivity index (χ1v) is 24.2. The Balaban J connectivity index is 0.842. The molecule has 2 heteroatoms. The molecule has 2 nitrogen and oxygen atoms in total. The van der Waals surface area contributed by atoms with Gasteiger partial charge >= 0.3 is 0 Å². The SMILES string of the molecule is C1=CC2C(C(c3ccc(N(c4ccc(-c5ccccc5)cc4)c4ccc(-c5ccc6c(c5)c5ccccc5n6-c5ccccc5)cc4)cc3)=C1)c1ccccc1C21c2ccccc2-c2ccccc21. The van der Waals surface area contributed by atoms with Gasteiger partial charge in [-0.1, -0.05) is 200 Å². The highest BCUT2D eigenvalue weighted by Gasteiger charge is 2.58. The summed E-state index contributed by atoms with van der Waals surface area (Å²) in [6.07, 6.45) is 7.18. The van der Waals surface area contributed by atoms with Gasteiger partial charge in [-0.3, -0.25) is 0 Å². The van der Waals surface area contributed by atoms with Crippen molar-refractivity contribution < 1.29 is 0 Å². The Morgan fingerprint density at radius 2 is 0.870 bits per heavy atom. The summed E-state index contributed by atoms with van der Waals surface area (Å²) in [7, 11) is 0. The summed E-state index contributed by atoms with van der Waals surface area (Å²) >= 11 is 0. The number of para-hydroxylation sites is 2. The van der Waals surface area contributed by atoms with Gasteiger partial charge in [0.25, 0.3) is 0 Å². The third kappa shape index (κ3) is 5.98. The van der Waals surface area contributed by atoms with Crippen LogP contribution in [0.2, 0.25) is 0 Å². The average molecular weight is 879 g/mol. The summed E-state index contributed by atoms with van der Waals surface area (Å²) in [6, 6.07) is 91.9. The summed E-state index contributed by atoms with van der Waals surface area (Å²) < 4.78 is 2.38. The second-order valence-electron chi connectivity index (χ2n) is 18.8. The van der Waals surface area contributed by atoms with E-state index in [0.29, 0.717) is 0 Å². The molecule has 0 fully saturated rings. The molecule has 0 aliphatic heterocycles. The molecular formula is C67H46N2. The number of aromatic nitrogens is 1. The molecule has 0 saturated carbocycles. The molecule has 0 radical (unpaired) electrons. The maximum atomic E-state index is 2.49. The summed E-state index contributed by atoms with van der Waals surface area (Å²) in [5.41, 5.74) is 22.5. The highest BCUT2D eigenvalue weighted by molar-refractivity contribution is 6.10. The van der Waals surface area contributed by atoms with Crippen molar-refractivity contribution in [2.24, 2.45) is 5.92 Å². The maximum Gasteiger partial charge on any atom is 0.0541 e. The van der Waals surface area contributed by atoms with Crippen LogP contribution in [0.15, 0.2) is 267 Å². The third-order valence-corrected chi connectivity index (χ3v) is 15.3. The van der Waals surface area contributed by atoms with Gasteiger partial charge in [0.1, 0.15) is 0 Å². The number of allylic oxidation sites excluding steroid dienone is 4. The minimum absolute atomic E-state index is 0.208. The van der Waals surface area contributed by atoms with Gasteiger partial charge in [0, 0.05) is 45.4 Å². The quantitative estimate of drug-likeness (QED) is 0.155. The topological polar surface area (TPSA) is 8.17 Å². The van der Waals surface area contributed by atoms with Crippen molar-refractivity contribution in [1.29, 1.82) is 0 Å². The van der Waals surface area contributed by atoms with E-state index in [0.717, 1.165) is 17.1 Å². The highest BCUT2D eigenvalue weighted by Crippen LogP contribution is 2.67. The van der Waals surface area contributed by atoms with Crippen LogP contribution in [0.4, 0.5) is 17.1 Å². The van der Waals surface area contributed by atoms with E-state index in [1.165, 1.54) is 94.3 Å². The van der Waals surface area contributed by atoms with Gasteiger partial charge in [0.15, 0.2) is 0 Å². The minimum atomic E-state index is -0.258. The Morgan fingerprint density at radius 3 is 1.54 bits per heavy atom. The summed E-state index contributed by atoms with van der Waals surface area (Å²) in [5.74, 6) is 0.445. The molecule has 1 spiro atoms. The standard InChI is InChI=1S/C67H46N2/c1-3-16-45(17-4-1)46-30-37-51(38-31-46)68(52-39-32-47(33-40-52)49-36-43-65-59(44-49)57-22-10-14-29-64(57)69(65)50-18-5-2-6-19-50)53-41-34-48(35-42-53)54-24-15-28-63-66(54)58-23-9-13-27-62(58)67(63)60-25-11-7-20-55(60)56-21-8-12-26-61(56)67/h1-44,63,66H. The van der Waals surface area contributed by atoms with Crippen molar-refractivity contribution in [3.05, 3.63) is 295 Å². The monoisotopic (exact) mass is 878 g/mol. The molecule has 0 bridgehead atoms. The van der Waals surface area contributed by atoms with E-state index in [-0.39, 0.29) is 17.3 Å². The number of hydrogen-bond donors (Lipinski definition) is 0. The zero-order valence-electron chi connectivity index (χ0n) is 38.0. The Morgan fingerprint density at radius 1 is 0.377 bits per heavy atom. The van der Waals surface area contributed by atoms with E-state index in [1.54, 1.807) is 0 Å². The zero-order chi connectivity index (χ0) is 45.5. The number of fused-ring (bicyclic) bond motifs is 13. The Hall–Kier alpha value is -8.72. The van der Waals surface area contributed by atoms with Crippen LogP contribution in [0, 0.1) is 5.92 Å². The van der Waals surface area contributed by atoms with Gasteiger partial charge < -0.3 is 9.47 Å². The molecule has 10 aromatic carbocycles. The zero-order valence-corrected chi connectivity index (χ0v) is 38.0. The second-order valence-corrected chi connectivity index (χ2v) is 18.8. The van der Waals surface area contributed by atoms with Crippen molar-refractivity contribution in [3.8, 4) is 39.1 Å². The van der Waals surface area contributed by atoms with Crippen LogP contribution >= 0.6 is 0 Å². The van der Waals surface area contributed by atoms with Crippen molar-refractivity contribution in [3.63, 3.8) is 0 Å². The lowest BCUT2D eigenvalue weighted by Gasteiger charge is -2.37. The van der Waals surface area contributed by atoms with Gasteiger partial charge in [0.2, 0.25) is 0 Å². The smallest absolute Gasteiger partial charge is 0.0541 e. The number of benzene rings is 10. The molecule has 0 amide bonds. The van der Waals surface area contributed by atoms with Gasteiger partial charge in [0.05, 0.1) is 16.4 Å². The lowest BCUT2D eigenvalue weighted by atomic mass is 9.64. The Kier molecular flexibility index (Phi) is 8.97. The molecule has 0 saturated heterocycles. The molecule has 2 atom stereocenters. The van der Waals surface area contributed by atoms with Crippen LogP contribution in [-0.2, 0) is 5.41 Å². The molecule has 14 rings (SSSR count). The van der Waals surface area contributed by atoms with Crippen LogP contribution in [0.25, 0.3) is 66.4 Å². The summed E-state index contributed by atoms with van der Waals surface area (Å²) in [5, 5.41) is 2.50. The van der Waals surface area contributed by atoms with Crippen LogP contribution in [0.1, 0.15) is 33.7 Å². The lowest BCUT2D eigenvalue weighted by molar-refractivity contribution is 0.472. The van der Waals surface area contributed by atoms with Gasteiger partial charge in [-0.15, -0.1) is 0 Å². The van der Waals surface area contributed by atoms with Crippen LogP contribution in [0.5, 0.6) is 0 Å². The van der Waals surface area contributed by atoms with E-state index < -0.39 is 0 Å². The predicted octanol–water partition coefficient (Wildman–Crippen LogP) is 17.3. The molecule has 3 aliphatic rings. The number of rotatable bonds is 7. The van der Waals surface area contributed by atoms with E-state index in [9.17, 15) is 0 Å². The minimum Gasteiger partial charge on any atom is -0.311 e. The Labute approximate surface area is 403 Å². The summed E-state index contributed by atoms with van der Waals surface area (Å²) in [6.45, 7) is 0. The fourth-order valence-electron chi connectivity index (χ4n) is 12.4. The first-order chi connectivity index (χ1) is 34.2. The molecule has 11 aromatic rings. The average Bonchev–Trinajstić information content (AvgIpc) is 4.04. The number of hydrogen-bond acceptors (Lipinski definition) is 1. The fourth-order valence-corrected chi connectivity index (χ4v) is 12.4. The molecule has 1 heterocycles. The van der Waals surface area contributed by atoms with Crippen molar-refractivity contribution in [2.45, 2.75) is 11.3 Å². The Bertz CT molecular complexity index is 3770. The normalized spacial score (nSPS) is 16.0. The molecule has 324 valence electrons. The predicted molar refractivity (Wildman–Crippen MR) is 288 cm³/mol. The van der Waals surface area contributed by atoms with Crippen molar-refractivity contribution in [1.82, 2.24) is 4.57 Å². The first-order valence-electron chi connectivity index (χ1n) is 24.2. The maximum absolute atomic E-state index is 2.49. The van der Waals surface area contributed by atoms with Crippen molar-refractivity contribution in [2.75, 3.05) is 4.90 Å². The summed E-state index contributed by atoms with van der Waals surface area (Å²) in [4.78, 5) is 2.39. The number of anilines is 3. The first kappa shape index (κ1) is 39.4. The van der Waals surface area contributed by atoms with E-state index in [1.807, 2.05) is 0 Å². The number of nitrogens with zero attached hydrogens (tertiary/aromatic N) is 2. The highest BCUT2D eigenvalue weighted by atomic mass is 15.1. The van der Waals surface area contributed by atoms with Crippen LogP contribution in [0.3, 0.4) is 0 Å². The second kappa shape index (κ2) is 15.7. The lowest BCUT2D eigenvalue weighted by Crippen LogP contribution is -2.33. The van der Waals surface area contributed by atoms with Gasteiger partial charge in [-0.2, -0.15) is 0 Å². The van der Waals surface area contributed by atoms with Gasteiger partial charge in [-0.05, 0) is 134 Å². The molecule has 69 heavy (non-hydrogen) atoms. The fraction of sp³-hybridized carbons (Fsp3) is 0.0448. The molecule has 3 aliphatic carbocycles. The molecule has 0 N–H and O–H groups in total. The molecular weight excluding hydrogens is 833 g/mol. The molecule has 2 unspecified atom stereocenters. The van der Waals surface area contributed by atoms with E-state index in [4.69, 9.17) is 0 Å². The van der Waals surface area contributed by atoms with E-state index in [2.05, 4.69) is 276 Å². The van der Waals surface area contributed by atoms with Crippen molar-refractivity contribution >= 4 is 44.4 Å². The van der Waals surface area contributed by atoms with Gasteiger partial charge in [-0.25, -0.2) is 0 Å². The molecule has 1 aromatic heterocycles.